The lowest BCUT2D eigenvalue weighted by Gasteiger charge is -2.10. The Morgan fingerprint density at radius 3 is 1.70 bits per heavy atom. The summed E-state index contributed by atoms with van der Waals surface area (Å²) in [7, 11) is -5.84. The molecule has 1 heterocycles. The molecule has 0 radical (unpaired) electrons. The molecule has 4 nitrogen and oxygen atoms in total. The van der Waals surface area contributed by atoms with Gasteiger partial charge in [-0.2, -0.15) is 21.6 Å². The van der Waals surface area contributed by atoms with E-state index in [0.717, 1.165) is 5.52 Å². The summed E-state index contributed by atoms with van der Waals surface area (Å²) in [6.45, 7) is 4.26. The average Bonchev–Trinajstić information content (AvgIpc) is 3.25. The van der Waals surface area contributed by atoms with Crippen molar-refractivity contribution in [2.75, 3.05) is 0 Å². The predicted octanol–water partition coefficient (Wildman–Crippen LogP) is 8.18. The van der Waals surface area contributed by atoms with Crippen LogP contribution in [0, 0.1) is 13.8 Å². The minimum Gasteiger partial charge on any atom is -0.354 e. The third kappa shape index (κ3) is 5.76. The van der Waals surface area contributed by atoms with Crippen molar-refractivity contribution in [3.05, 3.63) is 108 Å². The second-order valence-electron chi connectivity index (χ2n) is 8.62. The number of aromatic amines is 1. The Balaban J connectivity index is 0.000000349. The van der Waals surface area contributed by atoms with Gasteiger partial charge in [-0.3, -0.25) is 4.55 Å². The first-order valence-electron chi connectivity index (χ1n) is 11.3. The minimum absolute atomic E-state index is 1.16. The van der Waals surface area contributed by atoms with E-state index in [2.05, 4.69) is 116 Å². The van der Waals surface area contributed by atoms with E-state index >= 15 is 0 Å². The third-order valence-corrected chi connectivity index (χ3v) is 6.47. The lowest BCUT2D eigenvalue weighted by atomic mass is 9.92. The molecule has 0 saturated carbocycles. The number of hydrogen-bond donors (Lipinski definition) is 2. The molecule has 0 unspecified atom stereocenters. The van der Waals surface area contributed by atoms with Crippen LogP contribution in [-0.2, 0) is 10.1 Å². The zero-order valence-corrected chi connectivity index (χ0v) is 20.9. The van der Waals surface area contributed by atoms with Gasteiger partial charge in [0.2, 0.25) is 0 Å². The van der Waals surface area contributed by atoms with Crippen LogP contribution in [0.25, 0.3) is 44.4 Å². The number of H-pyrrole nitrogens is 1. The summed E-state index contributed by atoms with van der Waals surface area (Å²) in [6, 6.07) is 34.8. The van der Waals surface area contributed by atoms with E-state index in [4.69, 9.17) is 13.0 Å². The Morgan fingerprint density at radius 1 is 0.676 bits per heavy atom. The van der Waals surface area contributed by atoms with Gasteiger partial charge >= 0.3 is 15.6 Å². The number of fused-ring (bicyclic) bond motifs is 1. The van der Waals surface area contributed by atoms with Crippen LogP contribution in [-0.4, -0.2) is 23.5 Å². The van der Waals surface area contributed by atoms with Gasteiger partial charge in [0.15, 0.2) is 0 Å². The number of halogens is 3. The maximum atomic E-state index is 10.7. The highest BCUT2D eigenvalue weighted by molar-refractivity contribution is 7.86. The summed E-state index contributed by atoms with van der Waals surface area (Å²) < 4.78 is 57.5. The number of alkyl halides is 3. The first-order valence-corrected chi connectivity index (χ1v) is 12.8. The molecule has 0 atom stereocenters. The van der Waals surface area contributed by atoms with Crippen molar-refractivity contribution in [3.8, 4) is 33.5 Å². The molecule has 4 aromatic carbocycles. The highest BCUT2D eigenvalue weighted by Gasteiger charge is 2.44. The fourth-order valence-electron chi connectivity index (χ4n) is 4.05. The van der Waals surface area contributed by atoms with Gasteiger partial charge in [-0.05, 0) is 42.2 Å². The van der Waals surface area contributed by atoms with Gasteiger partial charge in [-0.25, -0.2) is 0 Å². The Hall–Kier alpha value is -3.88. The smallest absolute Gasteiger partial charge is 0.354 e. The summed E-state index contributed by atoms with van der Waals surface area (Å²) in [5.74, 6) is 0. The van der Waals surface area contributed by atoms with E-state index in [9.17, 15) is 13.2 Å². The van der Waals surface area contributed by atoms with Crippen molar-refractivity contribution < 1.29 is 26.1 Å². The Bertz CT molecular complexity index is 1620. The molecule has 0 bridgehead atoms. The van der Waals surface area contributed by atoms with Crippen LogP contribution in [0.2, 0.25) is 0 Å². The van der Waals surface area contributed by atoms with E-state index in [-0.39, 0.29) is 0 Å². The number of hydrogen-bond acceptors (Lipinski definition) is 2. The Morgan fingerprint density at radius 2 is 1.19 bits per heavy atom. The number of aryl methyl sites for hydroxylation is 2. The summed E-state index contributed by atoms with van der Waals surface area (Å²) in [5, 5.41) is 1.28. The van der Waals surface area contributed by atoms with Crippen molar-refractivity contribution >= 4 is 21.0 Å². The highest BCUT2D eigenvalue weighted by atomic mass is 32.2. The number of benzene rings is 4. The molecule has 0 fully saturated rings. The van der Waals surface area contributed by atoms with Crippen molar-refractivity contribution in [1.82, 2.24) is 4.98 Å². The van der Waals surface area contributed by atoms with E-state index in [1.54, 1.807) is 0 Å². The zero-order chi connectivity index (χ0) is 26.8. The SMILES string of the molecule is Cc1ccc(-c2cccc3[nH]c(-c4ccccc4)c(-c4ccc(C)cc4)c23)cc1.O=S(=O)(O)C(F)(F)F. The summed E-state index contributed by atoms with van der Waals surface area (Å²) in [6.07, 6.45) is 0. The van der Waals surface area contributed by atoms with E-state index in [1.165, 1.54) is 50.0 Å². The molecule has 0 aliphatic heterocycles. The second-order valence-corrected chi connectivity index (χ2v) is 10.0. The first-order chi connectivity index (χ1) is 17.5. The first kappa shape index (κ1) is 26.2. The van der Waals surface area contributed by atoms with Crippen molar-refractivity contribution in [2.45, 2.75) is 19.4 Å². The van der Waals surface area contributed by atoms with Gasteiger partial charge in [0.25, 0.3) is 0 Å². The van der Waals surface area contributed by atoms with E-state index < -0.39 is 15.6 Å². The standard InChI is InChI=1S/C28H23N.CHF3O3S/c1-19-11-15-21(16-12-19)24-9-6-10-25-27(24)26(22-17-13-20(2)14-18-22)28(29-25)23-7-4-3-5-8-23;2-1(3,4)8(5,6)7/h3-18,29H,1-2H3;(H,5,6,7). The van der Waals surface area contributed by atoms with Crippen LogP contribution in [0.15, 0.2) is 97.1 Å². The quantitative estimate of drug-likeness (QED) is 0.185. The lowest BCUT2D eigenvalue weighted by molar-refractivity contribution is -0.0510. The zero-order valence-electron chi connectivity index (χ0n) is 20.0. The van der Waals surface area contributed by atoms with Gasteiger partial charge in [0, 0.05) is 16.5 Å². The van der Waals surface area contributed by atoms with Crippen molar-refractivity contribution in [2.24, 2.45) is 0 Å². The summed E-state index contributed by atoms with van der Waals surface area (Å²) >= 11 is 0. The molecule has 0 aliphatic carbocycles. The summed E-state index contributed by atoms with van der Waals surface area (Å²) in [5.41, 5.74) is 5.56. The number of rotatable bonds is 3. The predicted molar refractivity (Wildman–Crippen MR) is 142 cm³/mol. The maximum absolute atomic E-state index is 10.7. The number of aromatic nitrogens is 1. The second kappa shape index (κ2) is 10.2. The molecule has 5 aromatic rings. The largest absolute Gasteiger partial charge is 0.522 e. The fourth-order valence-corrected chi connectivity index (χ4v) is 4.05. The minimum atomic E-state index is -5.84. The average molecular weight is 524 g/mol. The van der Waals surface area contributed by atoms with Crippen LogP contribution in [0.4, 0.5) is 13.2 Å². The Kier molecular flexibility index (Phi) is 7.25. The van der Waals surface area contributed by atoms with Gasteiger partial charge in [-0.15, -0.1) is 0 Å². The third-order valence-electron chi connectivity index (χ3n) is 5.88. The van der Waals surface area contributed by atoms with Crippen LogP contribution in [0.5, 0.6) is 0 Å². The monoisotopic (exact) mass is 523 g/mol. The lowest BCUT2D eigenvalue weighted by Crippen LogP contribution is -2.21. The van der Waals surface area contributed by atoms with Gasteiger partial charge < -0.3 is 4.98 Å². The maximum Gasteiger partial charge on any atom is 0.522 e. The highest BCUT2D eigenvalue weighted by Crippen LogP contribution is 2.42. The van der Waals surface area contributed by atoms with E-state index in [0.29, 0.717) is 0 Å². The molecule has 37 heavy (non-hydrogen) atoms. The molecule has 8 heteroatoms. The number of nitrogens with one attached hydrogen (secondary N) is 1. The molecule has 5 rings (SSSR count). The Labute approximate surface area is 213 Å². The molecule has 190 valence electrons. The fraction of sp³-hybridized carbons (Fsp3) is 0.103. The molecule has 0 amide bonds. The molecule has 1 aromatic heterocycles. The van der Waals surface area contributed by atoms with Gasteiger partial charge in [0.05, 0.1) is 5.69 Å². The summed E-state index contributed by atoms with van der Waals surface area (Å²) in [4.78, 5) is 3.72. The molecular formula is C29H24F3NO3S. The molecular weight excluding hydrogens is 499 g/mol. The van der Waals surface area contributed by atoms with Crippen LogP contribution < -0.4 is 0 Å². The molecule has 2 N–H and O–H groups in total. The molecule has 0 aliphatic rings. The molecule has 0 saturated heterocycles. The normalized spacial score (nSPS) is 11.7. The van der Waals surface area contributed by atoms with Gasteiger partial charge in [0.1, 0.15) is 0 Å². The molecule has 0 spiro atoms. The van der Waals surface area contributed by atoms with Crippen molar-refractivity contribution in [3.63, 3.8) is 0 Å². The van der Waals surface area contributed by atoms with Crippen molar-refractivity contribution in [1.29, 1.82) is 0 Å². The topological polar surface area (TPSA) is 70.2 Å². The van der Waals surface area contributed by atoms with Gasteiger partial charge in [-0.1, -0.05) is 102 Å². The van der Waals surface area contributed by atoms with E-state index in [1.807, 2.05) is 0 Å². The van der Waals surface area contributed by atoms with Crippen LogP contribution in [0.1, 0.15) is 11.1 Å². The van der Waals surface area contributed by atoms with Crippen LogP contribution >= 0.6 is 0 Å². The van der Waals surface area contributed by atoms with Crippen LogP contribution in [0.3, 0.4) is 0 Å².